The fourth-order valence-electron chi connectivity index (χ4n) is 10.2. The molecule has 0 aromatic heterocycles. The molecule has 29 heavy (non-hydrogen) atoms. The van der Waals surface area contributed by atoms with Crippen LogP contribution in [-0.4, -0.2) is 24.4 Å². The van der Waals surface area contributed by atoms with Crippen LogP contribution in [-0.2, 0) is 4.74 Å². The van der Waals surface area contributed by atoms with Gasteiger partial charge < -0.3 is 9.84 Å². The molecule has 0 unspecified atom stereocenters. The highest BCUT2D eigenvalue weighted by atomic mass is 16.5. The van der Waals surface area contributed by atoms with Gasteiger partial charge in [0, 0.05) is 12.5 Å². The Hall–Kier alpha value is -0.340. The molecule has 5 aliphatic carbocycles. The summed E-state index contributed by atoms with van der Waals surface area (Å²) in [5.74, 6) is 4.56. The average molecular weight is 401 g/mol. The molecule has 0 aliphatic heterocycles. The van der Waals surface area contributed by atoms with Gasteiger partial charge in [-0.25, -0.2) is 0 Å². The van der Waals surface area contributed by atoms with Crippen molar-refractivity contribution in [1.82, 2.24) is 0 Å². The molecule has 0 radical (unpaired) electrons. The Balaban J connectivity index is 1.43. The van der Waals surface area contributed by atoms with Crippen molar-refractivity contribution in [2.75, 3.05) is 7.11 Å². The molecular weight excluding hydrogens is 356 g/mol. The first-order valence-corrected chi connectivity index (χ1v) is 12.5. The molecule has 2 heteroatoms. The maximum atomic E-state index is 10.9. The highest BCUT2D eigenvalue weighted by Gasteiger charge is 2.77. The van der Waals surface area contributed by atoms with Crippen LogP contribution in [0.4, 0.5) is 0 Å². The van der Waals surface area contributed by atoms with Crippen LogP contribution in [0.2, 0.25) is 0 Å². The van der Waals surface area contributed by atoms with E-state index >= 15 is 0 Å². The minimum atomic E-state index is -0.292. The summed E-state index contributed by atoms with van der Waals surface area (Å²) < 4.78 is 6.25. The van der Waals surface area contributed by atoms with E-state index in [1.165, 1.54) is 56.9 Å². The van der Waals surface area contributed by atoms with Crippen LogP contribution in [0, 0.1) is 51.8 Å². The zero-order valence-electron chi connectivity index (χ0n) is 19.7. The molecule has 0 aromatic rings. The molecule has 1 N–H and O–H groups in total. The Labute approximate surface area is 178 Å². The molecule has 5 aliphatic rings. The minimum absolute atomic E-state index is 0.292. The highest BCUT2D eigenvalue weighted by molar-refractivity contribution is 5.26. The second-order valence-electron chi connectivity index (χ2n) is 12.6. The molecule has 5 fully saturated rings. The van der Waals surface area contributed by atoms with Crippen molar-refractivity contribution in [2.45, 2.75) is 98.2 Å². The molecule has 11 atom stereocenters. The van der Waals surface area contributed by atoms with E-state index in [1.807, 2.05) is 7.11 Å². The molecule has 2 nitrogen and oxygen atoms in total. The summed E-state index contributed by atoms with van der Waals surface area (Å²) >= 11 is 0. The Morgan fingerprint density at radius 3 is 2.48 bits per heavy atom. The van der Waals surface area contributed by atoms with Crippen LogP contribution in [0.25, 0.3) is 0 Å². The molecule has 5 saturated carbocycles. The summed E-state index contributed by atoms with van der Waals surface area (Å²) in [7, 11) is 1.99. The van der Waals surface area contributed by atoms with Gasteiger partial charge in [0.25, 0.3) is 0 Å². The Morgan fingerprint density at radius 2 is 1.83 bits per heavy atom. The zero-order valence-corrected chi connectivity index (χ0v) is 19.7. The van der Waals surface area contributed by atoms with E-state index in [0.29, 0.717) is 34.2 Å². The number of rotatable bonds is 4. The molecule has 0 heterocycles. The third-order valence-corrected chi connectivity index (χ3v) is 11.6. The number of allylic oxidation sites excluding steroid dienone is 1. The predicted octanol–water partition coefficient (Wildman–Crippen LogP) is 6.23. The second kappa shape index (κ2) is 6.58. The fraction of sp³-hybridized carbons (Fsp3) is 0.926. The maximum Gasteiger partial charge on any atom is 0.0751 e. The van der Waals surface area contributed by atoms with Gasteiger partial charge in [-0.1, -0.05) is 32.4 Å². The van der Waals surface area contributed by atoms with Crippen LogP contribution < -0.4 is 0 Å². The lowest BCUT2D eigenvalue weighted by Gasteiger charge is -2.61. The van der Waals surface area contributed by atoms with Gasteiger partial charge in [0.1, 0.15) is 0 Å². The average Bonchev–Trinajstić information content (AvgIpc) is 3.18. The lowest BCUT2D eigenvalue weighted by molar-refractivity contribution is -0.162. The Bertz CT molecular complexity index is 695. The number of methoxy groups -OCH3 is 1. The van der Waals surface area contributed by atoms with E-state index in [0.717, 1.165) is 23.7 Å². The number of hydrogen-bond donors (Lipinski definition) is 1. The van der Waals surface area contributed by atoms with Gasteiger partial charge in [0.05, 0.1) is 12.2 Å². The van der Waals surface area contributed by atoms with Crippen LogP contribution in [0.3, 0.4) is 0 Å². The second-order valence-corrected chi connectivity index (χ2v) is 12.6. The van der Waals surface area contributed by atoms with Crippen molar-refractivity contribution in [2.24, 2.45) is 51.8 Å². The van der Waals surface area contributed by atoms with E-state index in [2.05, 4.69) is 40.7 Å². The Morgan fingerprint density at radius 1 is 1.07 bits per heavy atom. The zero-order chi connectivity index (χ0) is 20.8. The number of aliphatic hydroxyl groups is 1. The van der Waals surface area contributed by atoms with Crippen LogP contribution in [0.15, 0.2) is 11.6 Å². The van der Waals surface area contributed by atoms with E-state index < -0.39 is 0 Å². The van der Waals surface area contributed by atoms with E-state index in [9.17, 15) is 5.11 Å². The lowest BCUT2D eigenvalue weighted by Crippen LogP contribution is -2.57. The van der Waals surface area contributed by atoms with Crippen molar-refractivity contribution in [3.8, 4) is 0 Å². The predicted molar refractivity (Wildman–Crippen MR) is 118 cm³/mol. The van der Waals surface area contributed by atoms with Gasteiger partial charge >= 0.3 is 0 Å². The molecule has 0 aromatic carbocycles. The molecule has 0 amide bonds. The standard InChI is InChI=1S/C27H44O2/c1-16(2)13-23(28)17(3)20-7-8-21-19-14-24(29-6)27-15-18(27)9-12-26(27,5)22(19)10-11-25(20,21)4/h13,17-24,28H,7-12,14-15H2,1-6H3/t17-,18+,19-,20+,21-,22-,23-,24+,25+,26+,27-/m0/s1. The first-order valence-electron chi connectivity index (χ1n) is 12.5. The SMILES string of the molecule is CO[C@@H]1C[C@H]2[C@@H]3CC[C@H]([C@H](C)[C@@H](O)C=C(C)C)[C@@]3(C)CC[C@@H]2[C@@]2(C)CC[C@@H]3C[C@]312. The normalized spacial score (nSPS) is 54.6. The summed E-state index contributed by atoms with van der Waals surface area (Å²) in [4.78, 5) is 0. The molecule has 0 bridgehead atoms. The topological polar surface area (TPSA) is 29.5 Å². The minimum Gasteiger partial charge on any atom is -0.389 e. The van der Waals surface area contributed by atoms with Crippen molar-refractivity contribution in [1.29, 1.82) is 0 Å². The summed E-state index contributed by atoms with van der Waals surface area (Å²) in [6.07, 6.45) is 13.4. The van der Waals surface area contributed by atoms with E-state index in [4.69, 9.17) is 4.74 Å². The largest absolute Gasteiger partial charge is 0.389 e. The third-order valence-electron chi connectivity index (χ3n) is 11.6. The smallest absolute Gasteiger partial charge is 0.0751 e. The summed E-state index contributed by atoms with van der Waals surface area (Å²) in [6.45, 7) is 11.8. The number of fused-ring (bicyclic) bond motifs is 4. The Kier molecular flexibility index (Phi) is 4.66. The summed E-state index contributed by atoms with van der Waals surface area (Å²) in [6, 6.07) is 0. The van der Waals surface area contributed by atoms with Crippen LogP contribution in [0.5, 0.6) is 0 Å². The van der Waals surface area contributed by atoms with Crippen LogP contribution in [0.1, 0.15) is 86.0 Å². The molecule has 0 saturated heterocycles. The van der Waals surface area contributed by atoms with E-state index in [1.54, 1.807) is 0 Å². The van der Waals surface area contributed by atoms with Crippen molar-refractivity contribution in [3.05, 3.63) is 11.6 Å². The third kappa shape index (κ3) is 2.54. The number of hydrogen-bond acceptors (Lipinski definition) is 2. The monoisotopic (exact) mass is 400 g/mol. The molecule has 1 spiro atoms. The van der Waals surface area contributed by atoms with Gasteiger partial charge in [-0.05, 0) is 112 Å². The summed E-state index contributed by atoms with van der Waals surface area (Å²) in [5.41, 5.74) is 2.69. The van der Waals surface area contributed by atoms with Crippen molar-refractivity contribution >= 4 is 0 Å². The van der Waals surface area contributed by atoms with Gasteiger partial charge in [0.2, 0.25) is 0 Å². The molecule has 164 valence electrons. The summed E-state index contributed by atoms with van der Waals surface area (Å²) in [5, 5.41) is 10.9. The quantitative estimate of drug-likeness (QED) is 0.567. The fourth-order valence-corrected chi connectivity index (χ4v) is 10.2. The van der Waals surface area contributed by atoms with Crippen molar-refractivity contribution in [3.63, 3.8) is 0 Å². The molecule has 5 rings (SSSR count). The first-order chi connectivity index (χ1) is 13.7. The highest BCUT2D eigenvalue weighted by Crippen LogP contribution is 2.82. The first kappa shape index (κ1) is 20.6. The maximum absolute atomic E-state index is 10.9. The molecular formula is C27H44O2. The van der Waals surface area contributed by atoms with Gasteiger partial charge in [-0.15, -0.1) is 0 Å². The number of aliphatic hydroxyl groups excluding tert-OH is 1. The van der Waals surface area contributed by atoms with Gasteiger partial charge in [-0.3, -0.25) is 0 Å². The van der Waals surface area contributed by atoms with Gasteiger partial charge in [0.15, 0.2) is 0 Å². The lowest BCUT2D eigenvalue weighted by atomic mass is 9.45. The van der Waals surface area contributed by atoms with Crippen molar-refractivity contribution < 1.29 is 9.84 Å². The van der Waals surface area contributed by atoms with E-state index in [-0.39, 0.29) is 6.10 Å². The van der Waals surface area contributed by atoms with Crippen LogP contribution >= 0.6 is 0 Å². The number of ether oxygens (including phenoxy) is 1. The van der Waals surface area contributed by atoms with Gasteiger partial charge in [-0.2, -0.15) is 0 Å².